The summed E-state index contributed by atoms with van der Waals surface area (Å²) in [6.07, 6.45) is 1.32. The van der Waals surface area contributed by atoms with E-state index < -0.39 is 23.8 Å². The summed E-state index contributed by atoms with van der Waals surface area (Å²) in [6.45, 7) is 0. The largest absolute Gasteiger partial charge is 0.465 e. The molecule has 7 heteroatoms. The van der Waals surface area contributed by atoms with Crippen LogP contribution in [-0.4, -0.2) is 30.9 Å². The standard InChI is InChI=1S/C13H10N2O5/c1-20-12(18)8-4-2-7(3-5-8)6-9-10(16)14-13(19)15-11(9)17/h2-6H,1H3,(H2,14,15,16,17,19). The lowest BCUT2D eigenvalue weighted by Crippen LogP contribution is -2.51. The second-order valence-corrected chi connectivity index (χ2v) is 3.91. The van der Waals surface area contributed by atoms with Crippen LogP contribution in [0.4, 0.5) is 4.79 Å². The Kier molecular flexibility index (Phi) is 3.60. The molecule has 4 amide bonds. The van der Waals surface area contributed by atoms with Crippen molar-refractivity contribution in [1.29, 1.82) is 0 Å². The highest BCUT2D eigenvalue weighted by Crippen LogP contribution is 2.11. The fraction of sp³-hybridized carbons (Fsp3) is 0.0769. The first-order chi connectivity index (χ1) is 9.51. The Morgan fingerprint density at radius 3 is 2.10 bits per heavy atom. The number of esters is 1. The Labute approximate surface area is 113 Å². The molecule has 2 rings (SSSR count). The number of benzene rings is 1. The summed E-state index contributed by atoms with van der Waals surface area (Å²) < 4.78 is 4.55. The normalized spacial score (nSPS) is 14.4. The molecular formula is C13H10N2O5. The number of ether oxygens (including phenoxy) is 1. The van der Waals surface area contributed by atoms with Crippen molar-refractivity contribution in [3.05, 3.63) is 41.0 Å². The topological polar surface area (TPSA) is 102 Å². The predicted octanol–water partition coefficient (Wildman–Crippen LogP) is 0.223. The summed E-state index contributed by atoms with van der Waals surface area (Å²) in [5.41, 5.74) is 0.699. The lowest BCUT2D eigenvalue weighted by Gasteiger charge is -2.13. The maximum absolute atomic E-state index is 11.5. The van der Waals surface area contributed by atoms with Crippen LogP contribution in [-0.2, 0) is 14.3 Å². The second-order valence-electron chi connectivity index (χ2n) is 3.91. The van der Waals surface area contributed by atoms with Crippen LogP contribution in [0.15, 0.2) is 29.8 Å². The molecule has 20 heavy (non-hydrogen) atoms. The quantitative estimate of drug-likeness (QED) is 0.456. The summed E-state index contributed by atoms with van der Waals surface area (Å²) in [5, 5.41) is 3.93. The van der Waals surface area contributed by atoms with E-state index in [9.17, 15) is 19.2 Å². The SMILES string of the molecule is COC(=O)c1ccc(C=C2C(=O)NC(=O)NC2=O)cc1. The van der Waals surface area contributed by atoms with Crippen molar-refractivity contribution in [2.75, 3.05) is 7.11 Å². The number of carbonyl (C=O) groups excluding carboxylic acids is 4. The predicted molar refractivity (Wildman–Crippen MR) is 67.4 cm³/mol. The molecule has 1 aliphatic rings. The van der Waals surface area contributed by atoms with Crippen molar-refractivity contribution in [2.45, 2.75) is 0 Å². The van der Waals surface area contributed by atoms with E-state index in [0.29, 0.717) is 11.1 Å². The van der Waals surface area contributed by atoms with Gasteiger partial charge in [0.05, 0.1) is 12.7 Å². The number of methoxy groups -OCH3 is 1. The molecule has 0 radical (unpaired) electrons. The maximum atomic E-state index is 11.5. The van der Waals surface area contributed by atoms with Gasteiger partial charge in [-0.25, -0.2) is 9.59 Å². The molecule has 0 bridgehead atoms. The van der Waals surface area contributed by atoms with E-state index in [-0.39, 0.29) is 5.57 Å². The van der Waals surface area contributed by atoms with Gasteiger partial charge in [-0.1, -0.05) is 12.1 Å². The molecule has 102 valence electrons. The number of rotatable bonds is 2. The van der Waals surface area contributed by atoms with Gasteiger partial charge in [0.25, 0.3) is 11.8 Å². The first-order valence-corrected chi connectivity index (χ1v) is 5.58. The number of hydrogen-bond donors (Lipinski definition) is 2. The number of urea groups is 1. The zero-order chi connectivity index (χ0) is 14.7. The zero-order valence-corrected chi connectivity index (χ0v) is 10.4. The Balaban J connectivity index is 2.26. The molecule has 0 saturated carbocycles. The van der Waals surface area contributed by atoms with Gasteiger partial charge >= 0.3 is 12.0 Å². The average molecular weight is 274 g/mol. The Hall–Kier alpha value is -2.96. The smallest absolute Gasteiger partial charge is 0.337 e. The summed E-state index contributed by atoms with van der Waals surface area (Å²) >= 11 is 0. The van der Waals surface area contributed by atoms with Gasteiger partial charge in [0, 0.05) is 0 Å². The molecule has 7 nitrogen and oxygen atoms in total. The van der Waals surface area contributed by atoms with Crippen LogP contribution in [0.3, 0.4) is 0 Å². The average Bonchev–Trinajstić information content (AvgIpc) is 2.42. The number of amides is 4. The molecule has 0 aliphatic carbocycles. The van der Waals surface area contributed by atoms with Gasteiger partial charge in [-0.15, -0.1) is 0 Å². The Morgan fingerprint density at radius 1 is 1.05 bits per heavy atom. The van der Waals surface area contributed by atoms with Crippen LogP contribution in [0.25, 0.3) is 6.08 Å². The highest BCUT2D eigenvalue weighted by Gasteiger charge is 2.27. The van der Waals surface area contributed by atoms with Gasteiger partial charge in [0.15, 0.2) is 0 Å². The van der Waals surface area contributed by atoms with Crippen molar-refractivity contribution >= 4 is 29.9 Å². The van der Waals surface area contributed by atoms with Crippen LogP contribution in [0.1, 0.15) is 15.9 Å². The molecule has 1 aromatic carbocycles. The summed E-state index contributed by atoms with van der Waals surface area (Å²) in [4.78, 5) is 45.2. The molecule has 1 aliphatic heterocycles. The third-order valence-corrected chi connectivity index (χ3v) is 2.59. The van der Waals surface area contributed by atoms with Gasteiger partial charge in [-0.3, -0.25) is 20.2 Å². The first-order valence-electron chi connectivity index (χ1n) is 5.58. The summed E-state index contributed by atoms with van der Waals surface area (Å²) in [7, 11) is 1.27. The van der Waals surface area contributed by atoms with E-state index in [0.717, 1.165) is 0 Å². The van der Waals surface area contributed by atoms with Gasteiger partial charge in [0.2, 0.25) is 0 Å². The summed E-state index contributed by atoms with van der Waals surface area (Å²) in [6, 6.07) is 5.26. The van der Waals surface area contributed by atoms with E-state index >= 15 is 0 Å². The van der Waals surface area contributed by atoms with E-state index in [4.69, 9.17) is 0 Å². The first kappa shape index (κ1) is 13.5. The van der Waals surface area contributed by atoms with Gasteiger partial charge in [-0.2, -0.15) is 0 Å². The minimum Gasteiger partial charge on any atom is -0.465 e. The van der Waals surface area contributed by atoms with Crippen LogP contribution < -0.4 is 10.6 Å². The monoisotopic (exact) mass is 274 g/mol. The highest BCUT2D eigenvalue weighted by molar-refractivity contribution is 6.31. The van der Waals surface area contributed by atoms with Gasteiger partial charge in [-0.05, 0) is 23.8 Å². The molecule has 0 aromatic heterocycles. The van der Waals surface area contributed by atoms with E-state index in [1.807, 2.05) is 10.6 Å². The lowest BCUT2D eigenvalue weighted by atomic mass is 10.1. The van der Waals surface area contributed by atoms with E-state index in [1.165, 1.54) is 25.3 Å². The minimum absolute atomic E-state index is 0.185. The van der Waals surface area contributed by atoms with E-state index in [2.05, 4.69) is 4.74 Å². The molecule has 1 heterocycles. The van der Waals surface area contributed by atoms with Crippen molar-refractivity contribution < 1.29 is 23.9 Å². The van der Waals surface area contributed by atoms with Crippen LogP contribution in [0.5, 0.6) is 0 Å². The third kappa shape index (κ3) is 2.72. The molecule has 1 fully saturated rings. The number of imide groups is 2. The Morgan fingerprint density at radius 2 is 1.60 bits per heavy atom. The van der Waals surface area contributed by atoms with Crippen LogP contribution in [0.2, 0.25) is 0 Å². The van der Waals surface area contributed by atoms with Crippen molar-refractivity contribution in [2.24, 2.45) is 0 Å². The fourth-order valence-corrected chi connectivity index (χ4v) is 1.61. The molecule has 1 saturated heterocycles. The van der Waals surface area contributed by atoms with Crippen molar-refractivity contribution in [3.63, 3.8) is 0 Å². The van der Waals surface area contributed by atoms with Crippen molar-refractivity contribution in [3.8, 4) is 0 Å². The van der Waals surface area contributed by atoms with Crippen LogP contribution >= 0.6 is 0 Å². The van der Waals surface area contributed by atoms with Gasteiger partial charge < -0.3 is 4.74 Å². The third-order valence-electron chi connectivity index (χ3n) is 2.59. The maximum Gasteiger partial charge on any atom is 0.337 e. The fourth-order valence-electron chi connectivity index (χ4n) is 1.61. The lowest BCUT2D eigenvalue weighted by molar-refractivity contribution is -0.123. The minimum atomic E-state index is -0.849. The number of nitrogens with one attached hydrogen (secondary N) is 2. The molecule has 0 unspecified atom stereocenters. The number of carbonyl (C=O) groups is 4. The number of barbiturate groups is 1. The van der Waals surface area contributed by atoms with Gasteiger partial charge in [0.1, 0.15) is 5.57 Å². The zero-order valence-electron chi connectivity index (χ0n) is 10.4. The molecule has 2 N–H and O–H groups in total. The number of hydrogen-bond acceptors (Lipinski definition) is 5. The molecule has 0 spiro atoms. The second kappa shape index (κ2) is 5.35. The molecule has 1 aromatic rings. The molecular weight excluding hydrogens is 264 g/mol. The highest BCUT2D eigenvalue weighted by atomic mass is 16.5. The van der Waals surface area contributed by atoms with E-state index in [1.54, 1.807) is 12.1 Å². The Bertz CT molecular complexity index is 609. The summed E-state index contributed by atoms with van der Waals surface area (Å²) in [5.74, 6) is -2.02. The van der Waals surface area contributed by atoms with Crippen molar-refractivity contribution in [1.82, 2.24) is 10.6 Å². The van der Waals surface area contributed by atoms with Crippen LogP contribution in [0, 0.1) is 0 Å². The molecule has 0 atom stereocenters.